The van der Waals surface area contributed by atoms with Crippen LogP contribution in [-0.4, -0.2) is 25.7 Å². The molecule has 0 heterocycles. The molecule has 0 aliphatic rings. The Morgan fingerprint density at radius 2 is 1.93 bits per heavy atom. The minimum Gasteiger partial charge on any atom is -0.393 e. The molecule has 0 fully saturated rings. The summed E-state index contributed by atoms with van der Waals surface area (Å²) in [6.07, 6.45) is 0. The Morgan fingerprint density at radius 1 is 1.47 bits per heavy atom. The molecular formula is C9H20N2O2S2. The van der Waals surface area contributed by atoms with Crippen molar-refractivity contribution in [1.82, 2.24) is 4.72 Å². The van der Waals surface area contributed by atoms with Gasteiger partial charge in [0, 0.05) is 12.0 Å². The zero-order valence-electron chi connectivity index (χ0n) is 9.70. The van der Waals surface area contributed by atoms with Crippen LogP contribution in [0.1, 0.15) is 27.7 Å². The molecule has 90 valence electrons. The minimum absolute atomic E-state index is 0.107. The van der Waals surface area contributed by atoms with Crippen molar-refractivity contribution in [3.63, 3.8) is 0 Å². The third kappa shape index (κ3) is 6.06. The molecule has 0 aliphatic carbocycles. The number of rotatable bonds is 6. The molecular weight excluding hydrogens is 232 g/mol. The smallest absolute Gasteiger partial charge is 0.211 e. The highest BCUT2D eigenvalue weighted by atomic mass is 32.2. The van der Waals surface area contributed by atoms with Crippen LogP contribution in [-0.2, 0) is 10.0 Å². The molecule has 0 aromatic carbocycles. The van der Waals surface area contributed by atoms with E-state index in [1.54, 1.807) is 0 Å². The highest BCUT2D eigenvalue weighted by Crippen LogP contribution is 2.14. The Hall–Kier alpha value is -0.200. The SMILES string of the molecule is CC(C)CS(=O)(=O)NCC(C)(C)C(N)=S. The van der Waals surface area contributed by atoms with Crippen LogP contribution in [0.15, 0.2) is 0 Å². The van der Waals surface area contributed by atoms with Crippen molar-refractivity contribution in [2.24, 2.45) is 17.1 Å². The van der Waals surface area contributed by atoms with Gasteiger partial charge in [0.15, 0.2) is 0 Å². The van der Waals surface area contributed by atoms with E-state index >= 15 is 0 Å². The van der Waals surface area contributed by atoms with E-state index in [1.165, 1.54) is 0 Å². The highest BCUT2D eigenvalue weighted by Gasteiger charge is 2.24. The van der Waals surface area contributed by atoms with Crippen LogP contribution in [0.2, 0.25) is 0 Å². The molecule has 0 amide bonds. The molecule has 0 unspecified atom stereocenters. The molecule has 3 N–H and O–H groups in total. The summed E-state index contributed by atoms with van der Waals surface area (Å²) >= 11 is 4.85. The first-order chi connectivity index (χ1) is 6.57. The van der Waals surface area contributed by atoms with Crippen molar-refractivity contribution in [2.45, 2.75) is 27.7 Å². The molecule has 0 bridgehead atoms. The van der Waals surface area contributed by atoms with Gasteiger partial charge >= 0.3 is 0 Å². The number of nitrogens with two attached hydrogens (primary N) is 1. The highest BCUT2D eigenvalue weighted by molar-refractivity contribution is 7.89. The van der Waals surface area contributed by atoms with Crippen molar-refractivity contribution in [2.75, 3.05) is 12.3 Å². The van der Waals surface area contributed by atoms with Gasteiger partial charge in [0.1, 0.15) is 0 Å². The van der Waals surface area contributed by atoms with Crippen molar-refractivity contribution >= 4 is 27.2 Å². The number of nitrogens with one attached hydrogen (secondary N) is 1. The molecule has 6 heteroatoms. The maximum atomic E-state index is 11.5. The van der Waals surface area contributed by atoms with E-state index < -0.39 is 15.4 Å². The summed E-state index contributed by atoms with van der Waals surface area (Å²) in [5.41, 5.74) is 5.01. The quantitative estimate of drug-likeness (QED) is 0.688. The summed E-state index contributed by atoms with van der Waals surface area (Å²) in [6.45, 7) is 7.59. The molecule has 0 aliphatic heterocycles. The van der Waals surface area contributed by atoms with Crippen LogP contribution in [0, 0.1) is 11.3 Å². The number of hydrogen-bond donors (Lipinski definition) is 2. The lowest BCUT2D eigenvalue weighted by Gasteiger charge is -2.23. The van der Waals surface area contributed by atoms with Gasteiger partial charge in [-0.25, -0.2) is 13.1 Å². The first kappa shape index (κ1) is 14.8. The third-order valence-electron chi connectivity index (χ3n) is 1.95. The Morgan fingerprint density at radius 3 is 2.27 bits per heavy atom. The van der Waals surface area contributed by atoms with Gasteiger partial charge < -0.3 is 5.73 Å². The van der Waals surface area contributed by atoms with Gasteiger partial charge in [0.2, 0.25) is 10.0 Å². The fourth-order valence-electron chi connectivity index (χ4n) is 0.875. The third-order valence-corrected chi connectivity index (χ3v) is 4.20. The van der Waals surface area contributed by atoms with E-state index in [-0.39, 0.29) is 18.2 Å². The van der Waals surface area contributed by atoms with Crippen LogP contribution in [0.5, 0.6) is 0 Å². The predicted molar refractivity (Wildman–Crippen MR) is 67.2 cm³/mol. The zero-order valence-corrected chi connectivity index (χ0v) is 11.3. The van der Waals surface area contributed by atoms with Gasteiger partial charge in [-0.15, -0.1) is 0 Å². The molecule has 0 aromatic rings. The lowest BCUT2D eigenvalue weighted by atomic mass is 9.94. The van der Waals surface area contributed by atoms with Crippen molar-refractivity contribution in [3.8, 4) is 0 Å². The van der Waals surface area contributed by atoms with E-state index in [1.807, 2.05) is 27.7 Å². The monoisotopic (exact) mass is 252 g/mol. The van der Waals surface area contributed by atoms with Gasteiger partial charge in [-0.2, -0.15) is 0 Å². The average molecular weight is 252 g/mol. The summed E-state index contributed by atoms with van der Waals surface area (Å²) in [4.78, 5) is 0.315. The standard InChI is InChI=1S/C9H20N2O2S2/c1-7(2)5-15(12,13)11-6-9(3,4)8(10)14/h7,11H,5-6H2,1-4H3,(H2,10,14). The molecule has 0 rings (SSSR count). The second-order valence-corrected chi connectivity index (χ2v) is 7.04. The zero-order chi connectivity index (χ0) is 12.3. The minimum atomic E-state index is -3.21. The molecule has 0 spiro atoms. The second kappa shape index (κ2) is 5.23. The van der Waals surface area contributed by atoms with Gasteiger partial charge in [-0.3, -0.25) is 0 Å². The number of hydrogen-bond acceptors (Lipinski definition) is 3. The Kier molecular flexibility index (Phi) is 5.16. The van der Waals surface area contributed by atoms with E-state index in [9.17, 15) is 8.42 Å². The average Bonchev–Trinajstić information content (AvgIpc) is 1.98. The molecule has 0 radical (unpaired) electrons. The first-order valence-electron chi connectivity index (χ1n) is 4.84. The largest absolute Gasteiger partial charge is 0.393 e. The Balaban J connectivity index is 4.34. The molecule has 0 atom stereocenters. The maximum absolute atomic E-state index is 11.5. The Bertz CT molecular complexity index is 321. The molecule has 0 saturated heterocycles. The maximum Gasteiger partial charge on any atom is 0.211 e. The van der Waals surface area contributed by atoms with E-state index in [4.69, 9.17) is 18.0 Å². The molecule has 0 aromatic heterocycles. The molecule has 0 saturated carbocycles. The predicted octanol–water partition coefficient (Wildman–Crippen LogP) is 0.874. The van der Waals surface area contributed by atoms with Crippen molar-refractivity contribution in [3.05, 3.63) is 0 Å². The Labute approximate surface area is 97.7 Å². The lowest BCUT2D eigenvalue weighted by molar-refractivity contribution is 0.498. The normalized spacial score (nSPS) is 13.1. The number of sulfonamides is 1. The van der Waals surface area contributed by atoms with E-state index in [0.717, 1.165) is 0 Å². The summed E-state index contributed by atoms with van der Waals surface area (Å²) in [5, 5.41) is 0. The van der Waals surface area contributed by atoms with E-state index in [2.05, 4.69) is 4.72 Å². The van der Waals surface area contributed by atoms with E-state index in [0.29, 0.717) is 4.99 Å². The van der Waals surface area contributed by atoms with Crippen LogP contribution in [0.4, 0.5) is 0 Å². The fourth-order valence-corrected chi connectivity index (χ4v) is 2.52. The van der Waals surface area contributed by atoms with Gasteiger partial charge in [-0.1, -0.05) is 39.9 Å². The molecule has 4 nitrogen and oxygen atoms in total. The summed E-state index contributed by atoms with van der Waals surface area (Å²) in [5.74, 6) is 0.232. The summed E-state index contributed by atoms with van der Waals surface area (Å²) in [6, 6.07) is 0. The fraction of sp³-hybridized carbons (Fsp3) is 0.889. The summed E-state index contributed by atoms with van der Waals surface area (Å²) in [7, 11) is -3.21. The second-order valence-electron chi connectivity index (χ2n) is 4.74. The lowest BCUT2D eigenvalue weighted by Crippen LogP contribution is -2.42. The van der Waals surface area contributed by atoms with Gasteiger partial charge in [-0.05, 0) is 5.92 Å². The van der Waals surface area contributed by atoms with Gasteiger partial charge in [0.25, 0.3) is 0 Å². The van der Waals surface area contributed by atoms with Crippen molar-refractivity contribution in [1.29, 1.82) is 0 Å². The first-order valence-corrected chi connectivity index (χ1v) is 6.90. The van der Waals surface area contributed by atoms with Crippen molar-refractivity contribution < 1.29 is 8.42 Å². The van der Waals surface area contributed by atoms with Gasteiger partial charge in [0.05, 0.1) is 10.7 Å². The summed E-state index contributed by atoms with van der Waals surface area (Å²) < 4.78 is 25.5. The topological polar surface area (TPSA) is 72.2 Å². The number of thiocarbonyl (C=S) groups is 1. The molecule has 15 heavy (non-hydrogen) atoms. The van der Waals surface area contributed by atoms with Crippen LogP contribution >= 0.6 is 12.2 Å². The van der Waals surface area contributed by atoms with Crippen LogP contribution in [0.3, 0.4) is 0 Å². The van der Waals surface area contributed by atoms with Crippen LogP contribution < -0.4 is 10.5 Å². The van der Waals surface area contributed by atoms with Crippen LogP contribution in [0.25, 0.3) is 0 Å².